The first-order valence-electron chi connectivity index (χ1n) is 12.8. The fraction of sp³-hybridized carbons (Fsp3) is 0.500. The molecule has 1 saturated heterocycles. The molecule has 0 N–H and O–H groups in total. The molecule has 0 saturated carbocycles. The molecule has 2 heterocycles. The molecule has 38 heavy (non-hydrogen) atoms. The zero-order valence-corrected chi connectivity index (χ0v) is 21.8. The van der Waals surface area contributed by atoms with Gasteiger partial charge in [0.05, 0.1) is 12.2 Å². The molecule has 1 aliphatic heterocycles. The summed E-state index contributed by atoms with van der Waals surface area (Å²) in [6, 6.07) is 6.10. The molecule has 1 aliphatic rings. The molecule has 1 atom stereocenters. The third-order valence-corrected chi connectivity index (χ3v) is 6.93. The van der Waals surface area contributed by atoms with Crippen molar-refractivity contribution in [2.45, 2.75) is 58.5 Å². The van der Waals surface area contributed by atoms with Crippen molar-refractivity contribution in [2.24, 2.45) is 0 Å². The van der Waals surface area contributed by atoms with E-state index in [1.807, 2.05) is 6.92 Å². The van der Waals surface area contributed by atoms with E-state index in [0.717, 1.165) is 31.5 Å². The number of piperidine rings is 1. The van der Waals surface area contributed by atoms with Crippen molar-refractivity contribution in [2.75, 3.05) is 32.8 Å². The van der Waals surface area contributed by atoms with Crippen LogP contribution in [-0.4, -0.2) is 48.5 Å². The first kappa shape index (κ1) is 27.9. The summed E-state index contributed by atoms with van der Waals surface area (Å²) >= 11 is 0. The fourth-order valence-corrected chi connectivity index (χ4v) is 4.80. The van der Waals surface area contributed by atoms with Crippen LogP contribution in [-0.2, 0) is 6.18 Å². The SMILES string of the molecule is CC(=O)c1c(OCCN2CCCCC2)c(OCCC(C)c2ccc(F)cc2)c2oc(C(F)(F)F)nc2c1C. The normalized spacial score (nSPS) is 15.6. The Bertz CT molecular complexity index is 1260. The Kier molecular flexibility index (Phi) is 8.60. The Hall–Kier alpha value is -3.14. The Labute approximate surface area is 218 Å². The predicted molar refractivity (Wildman–Crippen MR) is 134 cm³/mol. The lowest BCUT2D eigenvalue weighted by atomic mass is 9.98. The van der Waals surface area contributed by atoms with Crippen LogP contribution in [0, 0.1) is 12.7 Å². The average molecular weight is 537 g/mol. The number of ether oxygens (including phenoxy) is 2. The van der Waals surface area contributed by atoms with E-state index in [2.05, 4.69) is 9.88 Å². The number of Topliss-reactive ketones (excluding diaryl/α,β-unsaturated/α-hetero) is 1. The molecule has 1 fully saturated rings. The van der Waals surface area contributed by atoms with E-state index in [9.17, 15) is 22.4 Å². The number of likely N-dealkylation sites (tertiary alicyclic amines) is 1. The highest BCUT2D eigenvalue weighted by molar-refractivity contribution is 6.05. The van der Waals surface area contributed by atoms with Crippen LogP contribution in [0.1, 0.15) is 72.8 Å². The van der Waals surface area contributed by atoms with Gasteiger partial charge in [-0.3, -0.25) is 9.69 Å². The van der Waals surface area contributed by atoms with E-state index >= 15 is 0 Å². The molecule has 0 bridgehead atoms. The van der Waals surface area contributed by atoms with E-state index in [1.165, 1.54) is 32.4 Å². The Morgan fingerprint density at radius 2 is 1.74 bits per heavy atom. The minimum atomic E-state index is -4.81. The second kappa shape index (κ2) is 11.7. The summed E-state index contributed by atoms with van der Waals surface area (Å²) in [4.78, 5) is 18.6. The zero-order valence-electron chi connectivity index (χ0n) is 21.8. The third kappa shape index (κ3) is 6.28. The van der Waals surface area contributed by atoms with Gasteiger partial charge in [-0.2, -0.15) is 13.2 Å². The van der Waals surface area contributed by atoms with Crippen molar-refractivity contribution < 1.29 is 36.2 Å². The first-order valence-corrected chi connectivity index (χ1v) is 12.8. The number of aromatic nitrogens is 1. The second-order valence-corrected chi connectivity index (χ2v) is 9.75. The standard InChI is InChI=1S/C28H32F4N2O4/c1-17(20-7-9-21(29)10-8-20)11-15-36-26-24(37-16-14-34-12-5-4-6-13-34)22(19(3)35)18(2)23-25(26)38-27(33-23)28(30,31)32/h7-10,17H,4-6,11-16H2,1-3H3. The number of fused-ring (bicyclic) bond motifs is 1. The molecule has 1 unspecified atom stereocenters. The maximum absolute atomic E-state index is 13.5. The van der Waals surface area contributed by atoms with Crippen LogP contribution < -0.4 is 9.47 Å². The Balaban J connectivity index is 1.66. The number of hydrogen-bond donors (Lipinski definition) is 0. The van der Waals surface area contributed by atoms with E-state index in [-0.39, 0.29) is 64.5 Å². The lowest BCUT2D eigenvalue weighted by Gasteiger charge is -2.26. The Morgan fingerprint density at radius 3 is 2.37 bits per heavy atom. The molecule has 0 amide bonds. The van der Waals surface area contributed by atoms with E-state index < -0.39 is 12.1 Å². The first-order chi connectivity index (χ1) is 18.1. The molecule has 2 aromatic carbocycles. The summed E-state index contributed by atoms with van der Waals surface area (Å²) in [5, 5.41) is 0. The average Bonchev–Trinajstić information content (AvgIpc) is 3.33. The topological polar surface area (TPSA) is 64.8 Å². The summed E-state index contributed by atoms with van der Waals surface area (Å²) in [5.74, 6) is -2.15. The van der Waals surface area contributed by atoms with Crippen LogP contribution in [0.2, 0.25) is 0 Å². The van der Waals surface area contributed by atoms with Gasteiger partial charge in [-0.05, 0) is 75.4 Å². The molecule has 0 spiro atoms. The van der Waals surface area contributed by atoms with Crippen LogP contribution in [0.25, 0.3) is 11.1 Å². The molecule has 206 valence electrons. The number of aryl methyl sites for hydroxylation is 1. The molecule has 0 aliphatic carbocycles. The summed E-state index contributed by atoms with van der Waals surface area (Å²) in [5.41, 5.74) is 0.965. The predicted octanol–water partition coefficient (Wildman–Crippen LogP) is 6.93. The maximum Gasteiger partial charge on any atom is 0.468 e. The summed E-state index contributed by atoms with van der Waals surface area (Å²) in [7, 11) is 0. The fourth-order valence-electron chi connectivity index (χ4n) is 4.80. The summed E-state index contributed by atoms with van der Waals surface area (Å²) in [6.45, 7) is 7.63. The number of halogens is 4. The Morgan fingerprint density at radius 1 is 1.08 bits per heavy atom. The third-order valence-electron chi connectivity index (χ3n) is 6.93. The number of rotatable bonds is 10. The van der Waals surface area contributed by atoms with Crippen LogP contribution in [0.3, 0.4) is 0 Å². The molecule has 0 radical (unpaired) electrons. The van der Waals surface area contributed by atoms with Gasteiger partial charge in [0.25, 0.3) is 0 Å². The largest absolute Gasteiger partial charge is 0.487 e. The van der Waals surface area contributed by atoms with Gasteiger partial charge in [-0.15, -0.1) is 0 Å². The van der Waals surface area contributed by atoms with Gasteiger partial charge < -0.3 is 13.9 Å². The molecule has 10 heteroatoms. The lowest BCUT2D eigenvalue weighted by molar-refractivity contribution is -0.156. The van der Waals surface area contributed by atoms with Gasteiger partial charge in [0.1, 0.15) is 17.9 Å². The number of carbonyl (C=O) groups excluding carboxylic acids is 1. The van der Waals surface area contributed by atoms with Crippen molar-refractivity contribution in [3.63, 3.8) is 0 Å². The van der Waals surface area contributed by atoms with Crippen LogP contribution in [0.5, 0.6) is 11.5 Å². The van der Waals surface area contributed by atoms with Crippen LogP contribution in [0.15, 0.2) is 28.7 Å². The van der Waals surface area contributed by atoms with Crippen molar-refractivity contribution in [1.82, 2.24) is 9.88 Å². The van der Waals surface area contributed by atoms with E-state index in [4.69, 9.17) is 13.9 Å². The number of carbonyl (C=O) groups is 1. The lowest BCUT2D eigenvalue weighted by Crippen LogP contribution is -2.33. The highest BCUT2D eigenvalue weighted by atomic mass is 19.4. The van der Waals surface area contributed by atoms with Gasteiger partial charge in [0.15, 0.2) is 11.5 Å². The monoisotopic (exact) mass is 536 g/mol. The van der Waals surface area contributed by atoms with Crippen LogP contribution in [0.4, 0.5) is 17.6 Å². The number of benzene rings is 2. The highest BCUT2D eigenvalue weighted by Crippen LogP contribution is 2.44. The highest BCUT2D eigenvalue weighted by Gasteiger charge is 2.39. The molecular formula is C28H32F4N2O4. The number of alkyl halides is 3. The van der Waals surface area contributed by atoms with Crippen molar-refractivity contribution >= 4 is 16.9 Å². The zero-order chi connectivity index (χ0) is 27.4. The van der Waals surface area contributed by atoms with Crippen molar-refractivity contribution in [1.29, 1.82) is 0 Å². The molecule has 4 rings (SSSR count). The summed E-state index contributed by atoms with van der Waals surface area (Å²) in [6.07, 6.45) is -0.955. The molecule has 1 aromatic heterocycles. The van der Waals surface area contributed by atoms with E-state index in [1.54, 1.807) is 12.1 Å². The maximum atomic E-state index is 13.5. The van der Waals surface area contributed by atoms with Gasteiger partial charge in [0.2, 0.25) is 11.3 Å². The smallest absolute Gasteiger partial charge is 0.468 e. The quantitative estimate of drug-likeness (QED) is 0.207. The van der Waals surface area contributed by atoms with Gasteiger partial charge >= 0.3 is 12.1 Å². The van der Waals surface area contributed by atoms with Crippen molar-refractivity contribution in [3.05, 3.63) is 52.7 Å². The summed E-state index contributed by atoms with van der Waals surface area (Å²) < 4.78 is 71.1. The number of nitrogens with zero attached hydrogens (tertiary/aromatic N) is 2. The van der Waals surface area contributed by atoms with E-state index in [0.29, 0.717) is 13.0 Å². The number of ketones is 1. The molecular weight excluding hydrogens is 504 g/mol. The minimum Gasteiger partial charge on any atom is -0.487 e. The minimum absolute atomic E-state index is 0.0206. The van der Waals surface area contributed by atoms with Gasteiger partial charge in [0, 0.05) is 6.54 Å². The number of oxazole rings is 1. The second-order valence-electron chi connectivity index (χ2n) is 9.75. The van der Waals surface area contributed by atoms with Gasteiger partial charge in [-0.1, -0.05) is 25.5 Å². The van der Waals surface area contributed by atoms with Crippen molar-refractivity contribution in [3.8, 4) is 11.5 Å². The van der Waals surface area contributed by atoms with Gasteiger partial charge in [-0.25, -0.2) is 9.37 Å². The number of hydrogen-bond acceptors (Lipinski definition) is 6. The molecule has 3 aromatic rings. The molecule has 6 nitrogen and oxygen atoms in total. The van der Waals surface area contributed by atoms with Crippen LogP contribution >= 0.6 is 0 Å².